The van der Waals surface area contributed by atoms with Gasteiger partial charge in [-0.15, -0.1) is 0 Å². The molecule has 0 amide bonds. The van der Waals surface area contributed by atoms with Crippen LogP contribution in [0.2, 0.25) is 0 Å². The molecule has 1 unspecified atom stereocenters. The minimum Gasteiger partial charge on any atom is -0.464 e. The Hall–Kier alpha value is -6.06. The molecule has 218 valence electrons. The molecular weight excluding hydrogens is 560 g/mol. The lowest BCUT2D eigenvalue weighted by Gasteiger charge is -2.27. The molecule has 0 radical (unpaired) electrons. The molecule has 0 fully saturated rings. The van der Waals surface area contributed by atoms with Crippen LogP contribution in [0.1, 0.15) is 11.8 Å². The molecule has 0 aromatic heterocycles. The largest absolute Gasteiger partial charge is 0.464 e. The fraction of sp³-hybridized carbons (Fsp3) is 0.0233. The first-order valence-corrected chi connectivity index (χ1v) is 15.7. The van der Waals surface area contributed by atoms with Gasteiger partial charge in [0.15, 0.2) is 12.0 Å². The fourth-order valence-corrected chi connectivity index (χ4v) is 6.81. The van der Waals surface area contributed by atoms with Gasteiger partial charge in [0.2, 0.25) is 0 Å². The van der Waals surface area contributed by atoms with Crippen molar-refractivity contribution in [3.8, 4) is 16.9 Å². The van der Waals surface area contributed by atoms with Crippen LogP contribution in [0.25, 0.3) is 43.4 Å². The molecule has 1 N–H and O–H groups in total. The number of ether oxygens (including phenoxy) is 1. The van der Waals surface area contributed by atoms with E-state index in [4.69, 9.17) is 4.74 Å². The molecule has 3 heteroatoms. The number of fused-ring (bicyclic) bond motifs is 7. The lowest BCUT2D eigenvalue weighted by molar-refractivity contribution is 0.262. The van der Waals surface area contributed by atoms with Crippen molar-refractivity contribution in [1.29, 1.82) is 0 Å². The van der Waals surface area contributed by atoms with Crippen LogP contribution in [0, 0.1) is 0 Å². The van der Waals surface area contributed by atoms with Crippen molar-refractivity contribution in [2.75, 3.05) is 10.2 Å². The van der Waals surface area contributed by atoms with Crippen molar-refractivity contribution in [3.05, 3.63) is 175 Å². The Labute approximate surface area is 267 Å². The lowest BCUT2D eigenvalue weighted by Crippen LogP contribution is -2.10. The van der Waals surface area contributed by atoms with Crippen LogP contribution in [-0.4, -0.2) is 0 Å². The van der Waals surface area contributed by atoms with Gasteiger partial charge in [-0.05, 0) is 69.1 Å². The summed E-state index contributed by atoms with van der Waals surface area (Å²) in [5.74, 6) is 0.901. The second-order valence-corrected chi connectivity index (χ2v) is 11.8. The Kier molecular flexibility index (Phi) is 6.20. The van der Waals surface area contributed by atoms with E-state index in [-0.39, 0.29) is 6.23 Å². The molecule has 1 aliphatic rings. The van der Waals surface area contributed by atoms with Gasteiger partial charge >= 0.3 is 0 Å². The normalized spacial score (nSPS) is 13.8. The van der Waals surface area contributed by atoms with Crippen LogP contribution < -0.4 is 15.0 Å². The molecule has 0 saturated carbocycles. The predicted octanol–water partition coefficient (Wildman–Crippen LogP) is 11.8. The van der Waals surface area contributed by atoms with Gasteiger partial charge in [-0.2, -0.15) is 0 Å². The van der Waals surface area contributed by atoms with Gasteiger partial charge in [0.25, 0.3) is 0 Å². The maximum atomic E-state index is 6.66. The minimum absolute atomic E-state index is 0.254. The average molecular weight is 591 g/mol. The SMILES string of the molecule is c1ccc(-c2ccc(N(c3ccc4ccccc4c3)c3ccc4c(c3)c3c(c5ccccc54)OC(c4ccccc4)N3)cc2)cc1. The number of nitrogens with one attached hydrogen (secondary N) is 1. The summed E-state index contributed by atoms with van der Waals surface area (Å²) >= 11 is 0. The van der Waals surface area contributed by atoms with Crippen LogP contribution >= 0.6 is 0 Å². The summed E-state index contributed by atoms with van der Waals surface area (Å²) in [6, 6.07) is 60.4. The fourth-order valence-electron chi connectivity index (χ4n) is 6.81. The molecule has 8 aromatic rings. The van der Waals surface area contributed by atoms with E-state index in [1.54, 1.807) is 0 Å². The lowest BCUT2D eigenvalue weighted by atomic mass is 9.98. The molecule has 0 spiro atoms. The van der Waals surface area contributed by atoms with E-state index in [1.807, 2.05) is 6.07 Å². The molecule has 0 aliphatic carbocycles. The van der Waals surface area contributed by atoms with Crippen molar-refractivity contribution in [2.24, 2.45) is 0 Å². The maximum Gasteiger partial charge on any atom is 0.196 e. The molecule has 3 nitrogen and oxygen atoms in total. The van der Waals surface area contributed by atoms with Crippen molar-refractivity contribution in [1.82, 2.24) is 0 Å². The zero-order chi connectivity index (χ0) is 30.5. The topological polar surface area (TPSA) is 24.5 Å². The van der Waals surface area contributed by atoms with E-state index in [1.165, 1.54) is 32.7 Å². The Morgan fingerprint density at radius 1 is 0.435 bits per heavy atom. The number of rotatable bonds is 5. The van der Waals surface area contributed by atoms with Crippen molar-refractivity contribution < 1.29 is 4.74 Å². The number of hydrogen-bond donors (Lipinski definition) is 1. The molecule has 46 heavy (non-hydrogen) atoms. The van der Waals surface area contributed by atoms with Crippen LogP contribution in [-0.2, 0) is 0 Å². The summed E-state index contributed by atoms with van der Waals surface area (Å²) in [7, 11) is 0. The van der Waals surface area contributed by atoms with Gasteiger partial charge in [0.05, 0.1) is 5.69 Å². The smallest absolute Gasteiger partial charge is 0.196 e. The van der Waals surface area contributed by atoms with E-state index >= 15 is 0 Å². The summed E-state index contributed by atoms with van der Waals surface area (Å²) in [5, 5.41) is 10.8. The Balaban J connectivity index is 1.23. The van der Waals surface area contributed by atoms with Crippen molar-refractivity contribution >= 4 is 55.1 Å². The van der Waals surface area contributed by atoms with E-state index < -0.39 is 0 Å². The van der Waals surface area contributed by atoms with E-state index in [0.717, 1.165) is 44.8 Å². The monoisotopic (exact) mass is 590 g/mol. The first-order chi connectivity index (χ1) is 22.8. The number of nitrogens with zero attached hydrogens (tertiary/aromatic N) is 1. The highest BCUT2D eigenvalue weighted by molar-refractivity contribution is 6.18. The van der Waals surface area contributed by atoms with Gasteiger partial charge in [-0.1, -0.05) is 133 Å². The van der Waals surface area contributed by atoms with E-state index in [9.17, 15) is 0 Å². The van der Waals surface area contributed by atoms with E-state index in [0.29, 0.717) is 0 Å². The van der Waals surface area contributed by atoms with Crippen LogP contribution in [0.4, 0.5) is 22.7 Å². The maximum absolute atomic E-state index is 6.66. The van der Waals surface area contributed by atoms with Crippen molar-refractivity contribution in [3.63, 3.8) is 0 Å². The highest BCUT2D eigenvalue weighted by Crippen LogP contribution is 2.50. The van der Waals surface area contributed by atoms with Gasteiger partial charge in [-0.3, -0.25) is 0 Å². The van der Waals surface area contributed by atoms with Crippen LogP contribution in [0.15, 0.2) is 170 Å². The quantitative estimate of drug-likeness (QED) is 0.202. The summed E-state index contributed by atoms with van der Waals surface area (Å²) in [6.07, 6.45) is -0.254. The molecule has 1 heterocycles. The van der Waals surface area contributed by atoms with Crippen LogP contribution in [0.3, 0.4) is 0 Å². The Morgan fingerprint density at radius 3 is 1.83 bits per heavy atom. The summed E-state index contributed by atoms with van der Waals surface area (Å²) in [5.41, 5.74) is 7.81. The summed E-state index contributed by atoms with van der Waals surface area (Å²) < 4.78 is 6.66. The summed E-state index contributed by atoms with van der Waals surface area (Å²) in [4.78, 5) is 2.35. The second-order valence-electron chi connectivity index (χ2n) is 11.8. The summed E-state index contributed by atoms with van der Waals surface area (Å²) in [6.45, 7) is 0. The zero-order valence-electron chi connectivity index (χ0n) is 25.1. The molecule has 0 bridgehead atoms. The third kappa shape index (κ3) is 4.44. The molecule has 8 aromatic carbocycles. The predicted molar refractivity (Wildman–Crippen MR) is 193 cm³/mol. The molecule has 9 rings (SSSR count). The Bertz CT molecular complexity index is 2370. The van der Waals surface area contributed by atoms with Gasteiger partial charge in [0, 0.05) is 33.4 Å². The number of hydrogen-bond acceptors (Lipinski definition) is 3. The van der Waals surface area contributed by atoms with Gasteiger partial charge in [0.1, 0.15) is 0 Å². The van der Waals surface area contributed by atoms with E-state index in [2.05, 4.69) is 174 Å². The first kappa shape index (κ1) is 26.4. The first-order valence-electron chi connectivity index (χ1n) is 15.7. The number of benzene rings is 8. The highest BCUT2D eigenvalue weighted by Gasteiger charge is 2.28. The van der Waals surface area contributed by atoms with Gasteiger partial charge < -0.3 is 15.0 Å². The Morgan fingerprint density at radius 2 is 1.02 bits per heavy atom. The average Bonchev–Trinajstić information content (AvgIpc) is 3.59. The van der Waals surface area contributed by atoms with Crippen LogP contribution in [0.5, 0.6) is 5.75 Å². The van der Waals surface area contributed by atoms with Crippen molar-refractivity contribution in [2.45, 2.75) is 6.23 Å². The van der Waals surface area contributed by atoms with Gasteiger partial charge in [-0.25, -0.2) is 0 Å². The third-order valence-corrected chi connectivity index (χ3v) is 9.06. The highest BCUT2D eigenvalue weighted by atomic mass is 16.5. The third-order valence-electron chi connectivity index (χ3n) is 9.06. The molecule has 0 saturated heterocycles. The minimum atomic E-state index is -0.254. The zero-order valence-corrected chi connectivity index (χ0v) is 25.1. The number of anilines is 4. The second kappa shape index (κ2) is 10.8. The molecular formula is C43H30N2O. The molecule has 1 atom stereocenters. The standard InChI is InChI=1S/C43H30N2O/c1-3-11-29(12-4-1)31-19-22-34(23-20-31)45(35-24-21-30-13-7-8-16-33(30)27-35)36-25-26-38-37-17-9-10-18-39(37)42-41(40(38)28-36)44-43(46-42)32-14-5-2-6-15-32/h1-28,43-44H. The molecule has 1 aliphatic heterocycles.